The molecular weight excluding hydrogens is 346 g/mol. The van der Waals surface area contributed by atoms with Crippen LogP contribution in [0, 0.1) is 12.8 Å². The number of pyridine rings is 1. The van der Waals surface area contributed by atoms with Gasteiger partial charge in [-0.2, -0.15) is 0 Å². The second-order valence-electron chi connectivity index (χ2n) is 6.57. The van der Waals surface area contributed by atoms with Crippen LogP contribution in [0.1, 0.15) is 35.8 Å². The maximum atomic E-state index is 12.8. The summed E-state index contributed by atoms with van der Waals surface area (Å²) in [5.74, 6) is 0.484. The van der Waals surface area contributed by atoms with Crippen LogP contribution in [-0.4, -0.2) is 52.9 Å². The normalized spacial score (nSPS) is 23.4. The monoisotopic (exact) mass is 367 g/mol. The highest BCUT2D eigenvalue weighted by molar-refractivity contribution is 9.10. The summed E-state index contributed by atoms with van der Waals surface area (Å²) < 4.78 is 0.406. The summed E-state index contributed by atoms with van der Waals surface area (Å²) in [7, 11) is 0. The van der Waals surface area contributed by atoms with E-state index in [1.54, 1.807) is 13.0 Å². The molecule has 0 radical (unpaired) electrons. The van der Waals surface area contributed by atoms with Crippen LogP contribution >= 0.6 is 15.9 Å². The first-order chi connectivity index (χ1) is 10.5. The molecule has 5 nitrogen and oxygen atoms in total. The van der Waals surface area contributed by atoms with Crippen LogP contribution in [-0.2, 0) is 0 Å². The van der Waals surface area contributed by atoms with Gasteiger partial charge in [-0.1, -0.05) is 6.92 Å². The van der Waals surface area contributed by atoms with Gasteiger partial charge in [-0.05, 0) is 47.7 Å². The lowest BCUT2D eigenvalue weighted by Crippen LogP contribution is -2.37. The van der Waals surface area contributed by atoms with Crippen molar-refractivity contribution in [2.24, 2.45) is 5.92 Å². The Balaban J connectivity index is 1.79. The van der Waals surface area contributed by atoms with Crippen molar-refractivity contribution < 1.29 is 4.79 Å². The summed E-state index contributed by atoms with van der Waals surface area (Å²) >= 11 is 3.21. The minimum atomic E-state index is -0.196. The minimum absolute atomic E-state index is 0.0129. The van der Waals surface area contributed by atoms with Crippen molar-refractivity contribution in [1.29, 1.82) is 0 Å². The molecule has 120 valence electrons. The minimum Gasteiger partial charge on any atom is -0.337 e. The van der Waals surface area contributed by atoms with Crippen molar-refractivity contribution in [2.75, 3.05) is 26.2 Å². The summed E-state index contributed by atoms with van der Waals surface area (Å²) in [5.41, 5.74) is 1.02. The Kier molecular flexibility index (Phi) is 4.41. The Bertz CT molecular complexity index is 639. The van der Waals surface area contributed by atoms with Gasteiger partial charge in [0.05, 0.1) is 10.0 Å². The van der Waals surface area contributed by atoms with Crippen LogP contribution in [0.5, 0.6) is 0 Å². The van der Waals surface area contributed by atoms with Gasteiger partial charge in [0.25, 0.3) is 11.5 Å². The number of amides is 1. The topological polar surface area (TPSA) is 56.4 Å². The Morgan fingerprint density at radius 3 is 2.73 bits per heavy atom. The number of carbonyl (C=O) groups is 1. The molecule has 0 spiro atoms. The number of aromatic nitrogens is 1. The maximum Gasteiger partial charge on any atom is 0.262 e. The zero-order valence-corrected chi connectivity index (χ0v) is 14.6. The lowest BCUT2D eigenvalue weighted by Gasteiger charge is -2.23. The Morgan fingerprint density at radius 2 is 2.05 bits per heavy atom. The summed E-state index contributed by atoms with van der Waals surface area (Å²) in [4.78, 5) is 31.6. The Labute approximate surface area is 138 Å². The van der Waals surface area contributed by atoms with E-state index >= 15 is 0 Å². The largest absolute Gasteiger partial charge is 0.337 e. The van der Waals surface area contributed by atoms with E-state index in [1.165, 1.54) is 12.8 Å². The van der Waals surface area contributed by atoms with Crippen molar-refractivity contribution in [3.05, 3.63) is 32.2 Å². The number of hydrogen-bond donors (Lipinski definition) is 1. The second-order valence-corrected chi connectivity index (χ2v) is 7.42. The van der Waals surface area contributed by atoms with Crippen molar-refractivity contribution in [3.8, 4) is 0 Å². The molecule has 2 fully saturated rings. The highest BCUT2D eigenvalue weighted by Crippen LogP contribution is 2.28. The van der Waals surface area contributed by atoms with E-state index in [1.807, 2.05) is 4.90 Å². The fourth-order valence-corrected chi connectivity index (χ4v) is 3.54. The van der Waals surface area contributed by atoms with Gasteiger partial charge in [-0.3, -0.25) is 14.5 Å². The van der Waals surface area contributed by atoms with Crippen LogP contribution in [0.4, 0.5) is 0 Å². The fraction of sp³-hybridized carbons (Fsp3) is 0.625. The van der Waals surface area contributed by atoms with E-state index in [0.717, 1.165) is 32.2 Å². The molecule has 1 aliphatic heterocycles. The SMILES string of the molecule is Cc1[nH]c(=O)c(Br)cc1C(=O)N1CCN(C2CC2)CC(C)C1. The molecule has 0 bridgehead atoms. The molecule has 3 rings (SSSR count). The number of H-pyrrole nitrogens is 1. The second kappa shape index (κ2) is 6.16. The fourth-order valence-electron chi connectivity index (χ4n) is 3.21. The lowest BCUT2D eigenvalue weighted by molar-refractivity contribution is 0.0747. The van der Waals surface area contributed by atoms with E-state index < -0.39 is 0 Å². The molecule has 1 aromatic rings. The van der Waals surface area contributed by atoms with Crippen molar-refractivity contribution in [3.63, 3.8) is 0 Å². The van der Waals surface area contributed by atoms with Crippen molar-refractivity contribution >= 4 is 21.8 Å². The van der Waals surface area contributed by atoms with E-state index in [2.05, 4.69) is 32.7 Å². The molecule has 6 heteroatoms. The first kappa shape index (κ1) is 15.7. The quantitative estimate of drug-likeness (QED) is 0.869. The summed E-state index contributed by atoms with van der Waals surface area (Å²) in [6.07, 6.45) is 2.60. The highest BCUT2D eigenvalue weighted by Gasteiger charge is 2.33. The van der Waals surface area contributed by atoms with Gasteiger partial charge in [-0.15, -0.1) is 0 Å². The highest BCUT2D eigenvalue weighted by atomic mass is 79.9. The first-order valence-corrected chi connectivity index (χ1v) is 8.67. The predicted molar refractivity (Wildman–Crippen MR) is 89.2 cm³/mol. The van der Waals surface area contributed by atoms with Gasteiger partial charge >= 0.3 is 0 Å². The van der Waals surface area contributed by atoms with Crippen molar-refractivity contribution in [2.45, 2.75) is 32.7 Å². The predicted octanol–water partition coefficient (Wildman–Crippen LogP) is 2.00. The number of nitrogens with one attached hydrogen (secondary N) is 1. The van der Waals surface area contributed by atoms with E-state index in [0.29, 0.717) is 21.6 Å². The van der Waals surface area contributed by atoms with Gasteiger partial charge in [-0.25, -0.2) is 0 Å². The van der Waals surface area contributed by atoms with Crippen LogP contribution in [0.25, 0.3) is 0 Å². The van der Waals surface area contributed by atoms with Crippen LogP contribution in [0.3, 0.4) is 0 Å². The maximum absolute atomic E-state index is 12.8. The number of aromatic amines is 1. The third kappa shape index (κ3) is 3.27. The number of halogens is 1. The molecule has 1 aromatic heterocycles. The standard InChI is InChI=1S/C16H22BrN3O2/c1-10-8-19(12-3-4-12)5-6-20(9-10)16(22)13-7-14(17)15(21)18-11(13)2/h7,10,12H,3-6,8-9H2,1-2H3,(H,18,21). The lowest BCUT2D eigenvalue weighted by atomic mass is 10.1. The summed E-state index contributed by atoms with van der Waals surface area (Å²) in [6.45, 7) is 7.54. The smallest absolute Gasteiger partial charge is 0.262 e. The Hall–Kier alpha value is -1.14. The van der Waals surface area contributed by atoms with Gasteiger partial charge < -0.3 is 9.88 Å². The molecule has 0 aromatic carbocycles. The molecule has 1 unspecified atom stereocenters. The summed E-state index contributed by atoms with van der Waals surface area (Å²) in [6, 6.07) is 2.38. The van der Waals surface area contributed by atoms with Crippen LogP contribution < -0.4 is 5.56 Å². The number of rotatable bonds is 2. The number of nitrogens with zero attached hydrogens (tertiary/aromatic N) is 2. The number of aryl methyl sites for hydroxylation is 1. The van der Waals surface area contributed by atoms with Crippen LogP contribution in [0.2, 0.25) is 0 Å². The molecule has 1 N–H and O–H groups in total. The molecule has 22 heavy (non-hydrogen) atoms. The van der Waals surface area contributed by atoms with Gasteiger partial charge in [0.15, 0.2) is 0 Å². The Morgan fingerprint density at radius 1 is 1.32 bits per heavy atom. The van der Waals surface area contributed by atoms with E-state index in [-0.39, 0.29) is 11.5 Å². The molecule has 2 aliphatic rings. The third-order valence-electron chi connectivity index (χ3n) is 4.51. The number of carbonyl (C=O) groups excluding carboxylic acids is 1. The number of hydrogen-bond acceptors (Lipinski definition) is 3. The van der Waals surface area contributed by atoms with Crippen molar-refractivity contribution in [1.82, 2.24) is 14.8 Å². The van der Waals surface area contributed by atoms with Crippen LogP contribution in [0.15, 0.2) is 15.3 Å². The van der Waals surface area contributed by atoms with E-state index in [9.17, 15) is 9.59 Å². The van der Waals surface area contributed by atoms with Gasteiger partial charge in [0.1, 0.15) is 0 Å². The first-order valence-electron chi connectivity index (χ1n) is 7.88. The molecular formula is C16H22BrN3O2. The molecule has 1 aliphatic carbocycles. The van der Waals surface area contributed by atoms with E-state index in [4.69, 9.17) is 0 Å². The third-order valence-corrected chi connectivity index (χ3v) is 5.10. The average Bonchev–Trinajstić information content (AvgIpc) is 3.28. The summed E-state index contributed by atoms with van der Waals surface area (Å²) in [5, 5.41) is 0. The zero-order valence-electron chi connectivity index (χ0n) is 13.1. The van der Waals surface area contributed by atoms with Gasteiger partial charge in [0, 0.05) is 37.9 Å². The molecule has 2 heterocycles. The molecule has 1 saturated heterocycles. The van der Waals surface area contributed by atoms with Gasteiger partial charge in [0.2, 0.25) is 0 Å². The zero-order chi connectivity index (χ0) is 15.9. The molecule has 1 saturated carbocycles. The molecule has 1 amide bonds. The molecule has 1 atom stereocenters. The average molecular weight is 368 g/mol.